The second-order valence-electron chi connectivity index (χ2n) is 33.7. The number of aromatic nitrogens is 4. The van der Waals surface area contributed by atoms with Crippen molar-refractivity contribution in [2.45, 2.75) is 373 Å². The standard InChI is InChI=1S/C46H67N2.C27H28N2.C19H39I.C11H21I.C6H12.HI/c1-7-10-29-40(9-3)36-37(4)26-19-15-13-12-14-16-24-35-48-45(42-32-22-18-23-33-42)44(41-30-20-17-21-31-41)47(34-11-8-2)46(48)43-38(5)27-25-28-39(43)6;1-4-5-19-29-26(23-17-10-7-11-18-23)25(22-15-8-6-9-16-22)28-27(29)24-20(2)13-12-14-21(24)3;1-4-6-15-19(5-2)17-18(3)14-12-10-8-7-9-11-13-16-20;1-2-3-4-5-6-7-8-9-10-11-12;1-3-5-6-4-2;/h17-18,20-23,25,27-28,30-33,37,40H,7-16,19,24,26,29,34-36H2,1-6H3;6-18H,4-5,19H2,1-3H3;18-19H,4-17H2,1-3H3;2H,1,3-11H2;3H,1,4-6H2,2H3;1H/q+1;;;;;/p-1. The molecule has 2 heterocycles. The van der Waals surface area contributed by atoms with E-state index in [2.05, 4.69) is 320 Å². The maximum atomic E-state index is 5.26. The zero-order chi connectivity index (χ0) is 83.3. The highest BCUT2D eigenvalue weighted by atomic mass is 127. The Kier molecular flexibility index (Phi) is 61.9. The summed E-state index contributed by atoms with van der Waals surface area (Å²) in [6, 6.07) is 56.9. The summed E-state index contributed by atoms with van der Waals surface area (Å²) < 4.78 is 10.5. The number of aryl methyl sites for hydroxylation is 4. The van der Waals surface area contributed by atoms with Crippen LogP contribution in [0.3, 0.4) is 0 Å². The lowest BCUT2D eigenvalue weighted by atomic mass is 9.87. The van der Waals surface area contributed by atoms with Crippen molar-refractivity contribution in [1.82, 2.24) is 14.1 Å². The van der Waals surface area contributed by atoms with E-state index in [0.717, 1.165) is 79.7 Å². The lowest BCUT2D eigenvalue weighted by Crippen LogP contribution is -3.00. The van der Waals surface area contributed by atoms with Crippen LogP contribution in [-0.4, -0.2) is 23.0 Å². The molecule has 0 amide bonds. The first-order chi connectivity index (χ1) is 56.3. The maximum absolute atomic E-state index is 5.26. The summed E-state index contributed by atoms with van der Waals surface area (Å²) in [6.07, 6.45) is 60.1. The zero-order valence-electron chi connectivity index (χ0n) is 76.3. The number of unbranched alkanes of at least 4 members (excludes halogenated alkanes) is 25. The molecule has 0 aliphatic rings. The molecule has 0 saturated heterocycles. The number of nitrogens with zero attached hydrogens (tertiary/aromatic N) is 4. The second kappa shape index (κ2) is 68.0. The number of benzene rings is 6. The van der Waals surface area contributed by atoms with Gasteiger partial charge in [0.05, 0.1) is 30.0 Å². The van der Waals surface area contributed by atoms with Crippen molar-refractivity contribution in [3.05, 3.63) is 205 Å². The number of hydrogen-bond acceptors (Lipinski definition) is 1. The molecule has 4 atom stereocenters. The highest BCUT2D eigenvalue weighted by molar-refractivity contribution is 14.1. The Hall–Kier alpha value is -4.59. The van der Waals surface area contributed by atoms with Crippen LogP contribution in [0.4, 0.5) is 0 Å². The van der Waals surface area contributed by atoms with Gasteiger partial charge in [-0.1, -0.05) is 470 Å². The first-order valence-electron chi connectivity index (χ1n) is 47.2. The summed E-state index contributed by atoms with van der Waals surface area (Å²) in [5.41, 5.74) is 17.9. The van der Waals surface area contributed by atoms with Crippen molar-refractivity contribution in [2.75, 3.05) is 8.86 Å². The van der Waals surface area contributed by atoms with E-state index in [4.69, 9.17) is 4.98 Å². The van der Waals surface area contributed by atoms with Gasteiger partial charge < -0.3 is 28.5 Å². The number of imidazole rings is 2. The van der Waals surface area contributed by atoms with Crippen LogP contribution < -0.4 is 28.5 Å². The van der Waals surface area contributed by atoms with Crippen LogP contribution in [0.25, 0.3) is 67.8 Å². The topological polar surface area (TPSA) is 26.6 Å². The summed E-state index contributed by atoms with van der Waals surface area (Å²) in [5.74, 6) is 6.24. The normalized spacial score (nSPS) is 12.0. The van der Waals surface area contributed by atoms with Gasteiger partial charge in [-0.2, -0.15) is 0 Å². The van der Waals surface area contributed by atoms with E-state index in [9.17, 15) is 0 Å². The summed E-state index contributed by atoms with van der Waals surface area (Å²) in [5, 5.41) is 0. The fraction of sp³-hybridized carbons (Fsp3) is 0.578. The highest BCUT2D eigenvalue weighted by Gasteiger charge is 2.35. The molecule has 0 N–H and O–H groups in total. The minimum Gasteiger partial charge on any atom is -1.00 e. The van der Waals surface area contributed by atoms with Crippen LogP contribution in [-0.2, 0) is 19.6 Å². The summed E-state index contributed by atoms with van der Waals surface area (Å²) >= 11 is 4.95. The Bertz CT molecular complexity index is 3640. The van der Waals surface area contributed by atoms with Crippen LogP contribution >= 0.6 is 45.2 Å². The molecule has 0 bridgehead atoms. The monoisotopic (exact) mass is 1910 g/mol. The summed E-state index contributed by atoms with van der Waals surface area (Å²) in [4.78, 5) is 5.26. The van der Waals surface area contributed by atoms with Gasteiger partial charge in [-0.25, -0.2) is 14.1 Å². The van der Waals surface area contributed by atoms with Gasteiger partial charge >= 0.3 is 0 Å². The molecule has 6 aromatic carbocycles. The van der Waals surface area contributed by atoms with E-state index < -0.39 is 0 Å². The maximum Gasteiger partial charge on any atom is 0.290 e. The number of allylic oxidation sites excluding steroid dienone is 2. The molecule has 8 rings (SSSR count). The number of halogens is 3. The van der Waals surface area contributed by atoms with Gasteiger partial charge in [0.2, 0.25) is 0 Å². The zero-order valence-corrected chi connectivity index (χ0v) is 82.8. The average molecular weight is 1910 g/mol. The third-order valence-electron chi connectivity index (χ3n) is 23.6. The predicted molar refractivity (Wildman–Crippen MR) is 531 cm³/mol. The molecular weight excluding hydrogens is 1750 g/mol. The molecule has 644 valence electrons. The van der Waals surface area contributed by atoms with Gasteiger partial charge in [-0.05, 0) is 153 Å². The minimum atomic E-state index is 0. The smallest absolute Gasteiger partial charge is 0.290 e. The Balaban J connectivity index is 0.000000433. The van der Waals surface area contributed by atoms with Crippen LogP contribution in [0.2, 0.25) is 0 Å². The number of rotatable bonds is 55. The van der Waals surface area contributed by atoms with Crippen molar-refractivity contribution < 1.29 is 28.5 Å². The third kappa shape index (κ3) is 40.9. The molecule has 0 radical (unpaired) electrons. The van der Waals surface area contributed by atoms with E-state index in [1.54, 1.807) is 0 Å². The fourth-order valence-corrected chi connectivity index (χ4v) is 17.8. The quantitative estimate of drug-likeness (QED) is 0.0123. The van der Waals surface area contributed by atoms with E-state index in [1.807, 2.05) is 12.2 Å². The molecule has 0 fully saturated rings. The number of alkyl halides is 2. The SMILES string of the molecule is C=CCCCC.C=CCCCCCCCCCI.CCCCC(CC)CC(C)CCCCCCCCCI.CCCCC(CC)CC(C)CCCCCCCCC[n+]1c(-c2ccccc2)c(-c2ccccc2)n(CCCC)c1-c1c(C)cccc1C.CCCCn1c(-c2c(C)cccc2C)nc(-c2ccccc2)c1-c1ccccc1.[I-]. The van der Waals surface area contributed by atoms with E-state index in [-0.39, 0.29) is 24.0 Å². The molecule has 0 saturated carbocycles. The Labute approximate surface area is 759 Å². The molecule has 2 aromatic heterocycles. The molecule has 7 heteroatoms. The highest BCUT2D eigenvalue weighted by Crippen LogP contribution is 2.41. The molecular formula is C109H167I3N4. The van der Waals surface area contributed by atoms with Gasteiger partial charge in [0.25, 0.3) is 5.82 Å². The first kappa shape index (κ1) is 106. The lowest BCUT2D eigenvalue weighted by molar-refractivity contribution is -0.675. The molecule has 0 spiro atoms. The Morgan fingerprint density at radius 3 is 1.11 bits per heavy atom. The molecule has 0 aliphatic heterocycles. The minimum absolute atomic E-state index is 0. The Morgan fingerprint density at radius 2 is 0.716 bits per heavy atom. The van der Waals surface area contributed by atoms with Crippen molar-refractivity contribution >= 4 is 45.2 Å². The van der Waals surface area contributed by atoms with Gasteiger partial charge in [-0.15, -0.1) is 13.2 Å². The molecule has 8 aromatic rings. The van der Waals surface area contributed by atoms with Crippen LogP contribution in [0.15, 0.2) is 183 Å². The molecule has 0 aliphatic carbocycles. The van der Waals surface area contributed by atoms with E-state index in [0.29, 0.717) is 0 Å². The van der Waals surface area contributed by atoms with Crippen LogP contribution in [0.1, 0.15) is 348 Å². The largest absolute Gasteiger partial charge is 1.00 e. The van der Waals surface area contributed by atoms with Crippen LogP contribution in [0, 0.1) is 51.4 Å². The lowest BCUT2D eigenvalue weighted by Gasteiger charge is -2.19. The molecule has 116 heavy (non-hydrogen) atoms. The fourth-order valence-electron chi connectivity index (χ4n) is 16.7. The molecule has 4 unspecified atom stereocenters. The van der Waals surface area contributed by atoms with Gasteiger partial charge in [0.1, 0.15) is 5.82 Å². The summed E-state index contributed by atoms with van der Waals surface area (Å²) in [6.45, 7) is 40.4. The molecule has 4 nitrogen and oxygen atoms in total. The average Bonchev–Trinajstić information content (AvgIpc) is 1.59. The first-order valence-corrected chi connectivity index (χ1v) is 50.3. The van der Waals surface area contributed by atoms with Crippen LogP contribution in [0.5, 0.6) is 0 Å². The van der Waals surface area contributed by atoms with Crippen molar-refractivity contribution in [3.8, 4) is 67.8 Å². The third-order valence-corrected chi connectivity index (χ3v) is 25.1. The van der Waals surface area contributed by atoms with Gasteiger partial charge in [-0.3, -0.25) is 0 Å². The predicted octanol–water partition coefficient (Wildman–Crippen LogP) is 32.7. The van der Waals surface area contributed by atoms with E-state index in [1.165, 1.54) is 326 Å². The Morgan fingerprint density at radius 1 is 0.362 bits per heavy atom. The summed E-state index contributed by atoms with van der Waals surface area (Å²) in [7, 11) is 0. The van der Waals surface area contributed by atoms with E-state index >= 15 is 0 Å². The van der Waals surface area contributed by atoms with Crippen molar-refractivity contribution in [3.63, 3.8) is 0 Å². The van der Waals surface area contributed by atoms with Crippen molar-refractivity contribution in [1.29, 1.82) is 0 Å². The number of hydrogen-bond donors (Lipinski definition) is 0. The van der Waals surface area contributed by atoms with Crippen molar-refractivity contribution in [2.24, 2.45) is 23.7 Å². The second-order valence-corrected chi connectivity index (χ2v) is 35.9. The van der Waals surface area contributed by atoms with Gasteiger partial charge in [0, 0.05) is 34.4 Å². The van der Waals surface area contributed by atoms with Gasteiger partial charge in [0.15, 0.2) is 11.4 Å².